The zero-order valence-electron chi connectivity index (χ0n) is 7.58. The highest BCUT2D eigenvalue weighted by Crippen LogP contribution is 2.23. The van der Waals surface area contributed by atoms with Crippen molar-refractivity contribution in [3.63, 3.8) is 0 Å². The van der Waals surface area contributed by atoms with E-state index in [0.717, 1.165) is 12.5 Å². The molecule has 1 heterocycles. The van der Waals surface area contributed by atoms with Crippen LogP contribution in [0.25, 0.3) is 0 Å². The topological polar surface area (TPSA) is 23.5 Å². The molecule has 1 saturated heterocycles. The zero-order valence-corrected chi connectivity index (χ0v) is 7.58. The van der Waals surface area contributed by atoms with E-state index in [4.69, 9.17) is 5.11 Å². The van der Waals surface area contributed by atoms with Crippen LogP contribution in [-0.2, 0) is 0 Å². The van der Waals surface area contributed by atoms with Gasteiger partial charge in [0.1, 0.15) is 0 Å². The maximum Gasteiger partial charge on any atom is 0.0586 e. The van der Waals surface area contributed by atoms with E-state index in [9.17, 15) is 0 Å². The second-order valence-corrected chi connectivity index (χ2v) is 3.62. The number of likely N-dealkylation sites (N-methyl/N-ethyl adjacent to an activating group) is 1. The molecule has 66 valence electrons. The molecule has 0 aliphatic carbocycles. The van der Waals surface area contributed by atoms with E-state index in [1.807, 2.05) is 0 Å². The van der Waals surface area contributed by atoms with Crippen LogP contribution < -0.4 is 0 Å². The second kappa shape index (κ2) is 4.07. The number of aliphatic hydroxyl groups is 1. The van der Waals surface area contributed by atoms with Crippen molar-refractivity contribution in [1.82, 2.24) is 4.90 Å². The average molecular weight is 157 g/mol. The molecule has 1 aliphatic rings. The number of piperidine rings is 1. The first-order valence-electron chi connectivity index (χ1n) is 4.59. The van der Waals surface area contributed by atoms with E-state index in [-0.39, 0.29) is 0 Å². The largest absolute Gasteiger partial charge is 0.395 e. The smallest absolute Gasteiger partial charge is 0.0586 e. The summed E-state index contributed by atoms with van der Waals surface area (Å²) >= 11 is 0. The van der Waals surface area contributed by atoms with Gasteiger partial charge in [-0.1, -0.05) is 13.3 Å². The second-order valence-electron chi connectivity index (χ2n) is 3.62. The van der Waals surface area contributed by atoms with Crippen molar-refractivity contribution in [3.8, 4) is 0 Å². The lowest BCUT2D eigenvalue weighted by molar-refractivity contribution is 0.0852. The van der Waals surface area contributed by atoms with Crippen molar-refractivity contribution < 1.29 is 5.11 Å². The molecule has 0 spiro atoms. The highest BCUT2D eigenvalue weighted by molar-refractivity contribution is 4.78. The van der Waals surface area contributed by atoms with Crippen molar-refractivity contribution in [3.05, 3.63) is 0 Å². The Morgan fingerprint density at radius 1 is 1.55 bits per heavy atom. The number of hydrogen-bond acceptors (Lipinski definition) is 2. The molecule has 0 aromatic carbocycles. The van der Waals surface area contributed by atoms with Crippen LogP contribution in [0.15, 0.2) is 0 Å². The van der Waals surface area contributed by atoms with Gasteiger partial charge in [0.25, 0.3) is 0 Å². The number of nitrogens with zero attached hydrogens (tertiary/aromatic N) is 1. The summed E-state index contributed by atoms with van der Waals surface area (Å²) < 4.78 is 0. The van der Waals surface area contributed by atoms with Gasteiger partial charge in [-0.3, -0.25) is 0 Å². The van der Waals surface area contributed by atoms with Crippen LogP contribution in [-0.4, -0.2) is 36.2 Å². The monoisotopic (exact) mass is 157 g/mol. The molecule has 11 heavy (non-hydrogen) atoms. The minimum Gasteiger partial charge on any atom is -0.395 e. The summed E-state index contributed by atoms with van der Waals surface area (Å²) in [6, 6.07) is 0.425. The first-order chi connectivity index (χ1) is 5.27. The quantitative estimate of drug-likeness (QED) is 0.649. The van der Waals surface area contributed by atoms with Gasteiger partial charge in [0.05, 0.1) is 6.61 Å². The summed E-state index contributed by atoms with van der Waals surface area (Å²) in [5.41, 5.74) is 0. The van der Waals surface area contributed by atoms with Crippen molar-refractivity contribution in [2.45, 2.75) is 32.2 Å². The van der Waals surface area contributed by atoms with Crippen molar-refractivity contribution in [2.24, 2.45) is 5.92 Å². The molecule has 1 fully saturated rings. The van der Waals surface area contributed by atoms with E-state index >= 15 is 0 Å². The van der Waals surface area contributed by atoms with Crippen LogP contribution in [0.1, 0.15) is 26.2 Å². The molecule has 1 aliphatic heterocycles. The maximum absolute atomic E-state index is 9.03. The van der Waals surface area contributed by atoms with Crippen LogP contribution >= 0.6 is 0 Å². The number of rotatable bonds is 2. The molecular formula is C9H19NO. The Labute approximate surface area is 69.2 Å². The first kappa shape index (κ1) is 9.01. The predicted octanol–water partition coefficient (Wildman–Crippen LogP) is 1.10. The fraction of sp³-hybridized carbons (Fsp3) is 1.00. The Hall–Kier alpha value is -0.0800. The van der Waals surface area contributed by atoms with Gasteiger partial charge in [-0.15, -0.1) is 0 Å². The molecule has 2 unspecified atom stereocenters. The number of hydrogen-bond donors (Lipinski definition) is 1. The summed E-state index contributed by atoms with van der Waals surface area (Å²) in [5, 5.41) is 9.03. The fourth-order valence-electron chi connectivity index (χ4n) is 1.84. The highest BCUT2D eigenvalue weighted by atomic mass is 16.3. The summed E-state index contributed by atoms with van der Waals surface area (Å²) in [4.78, 5) is 2.27. The lowest BCUT2D eigenvalue weighted by atomic mass is 9.90. The van der Waals surface area contributed by atoms with Crippen LogP contribution in [0.3, 0.4) is 0 Å². The van der Waals surface area contributed by atoms with Crippen LogP contribution in [0.4, 0.5) is 0 Å². The predicted molar refractivity (Wildman–Crippen MR) is 46.5 cm³/mol. The molecular weight excluding hydrogens is 138 g/mol. The van der Waals surface area contributed by atoms with Crippen LogP contribution in [0.2, 0.25) is 0 Å². The van der Waals surface area contributed by atoms with Crippen molar-refractivity contribution in [2.75, 3.05) is 20.2 Å². The molecule has 1 rings (SSSR count). The van der Waals surface area contributed by atoms with E-state index in [0.29, 0.717) is 12.6 Å². The number of likely N-dealkylation sites (tertiary alicyclic amines) is 1. The summed E-state index contributed by atoms with van der Waals surface area (Å²) in [6.07, 6.45) is 3.76. The Morgan fingerprint density at radius 3 is 2.82 bits per heavy atom. The Balaban J connectivity index is 2.37. The third-order valence-corrected chi connectivity index (χ3v) is 2.91. The van der Waals surface area contributed by atoms with Gasteiger partial charge in [0.2, 0.25) is 0 Å². The average Bonchev–Trinajstić information content (AvgIpc) is 2.05. The third-order valence-electron chi connectivity index (χ3n) is 2.91. The lowest BCUT2D eigenvalue weighted by Crippen LogP contribution is -2.41. The summed E-state index contributed by atoms with van der Waals surface area (Å²) in [5.74, 6) is 0.850. The first-order valence-corrected chi connectivity index (χ1v) is 4.59. The van der Waals surface area contributed by atoms with Crippen molar-refractivity contribution in [1.29, 1.82) is 0 Å². The molecule has 1 N–H and O–H groups in total. The molecule has 2 atom stereocenters. The van der Waals surface area contributed by atoms with Gasteiger partial charge < -0.3 is 10.0 Å². The number of aliphatic hydroxyl groups excluding tert-OH is 1. The minimum absolute atomic E-state index is 0.326. The van der Waals surface area contributed by atoms with E-state index in [1.54, 1.807) is 0 Å². The molecule has 0 amide bonds. The Bertz CT molecular complexity index is 116. The SMILES string of the molecule is CCC1CCN(C)C(CO)C1. The van der Waals surface area contributed by atoms with Gasteiger partial charge in [0.15, 0.2) is 0 Å². The summed E-state index contributed by atoms with van der Waals surface area (Å²) in [6.45, 7) is 3.72. The van der Waals surface area contributed by atoms with E-state index in [2.05, 4.69) is 18.9 Å². The Kier molecular flexibility index (Phi) is 3.34. The van der Waals surface area contributed by atoms with Crippen LogP contribution in [0, 0.1) is 5.92 Å². The van der Waals surface area contributed by atoms with Crippen LogP contribution in [0.5, 0.6) is 0 Å². The maximum atomic E-state index is 9.03. The fourth-order valence-corrected chi connectivity index (χ4v) is 1.84. The van der Waals surface area contributed by atoms with E-state index < -0.39 is 0 Å². The highest BCUT2D eigenvalue weighted by Gasteiger charge is 2.23. The molecule has 0 aromatic heterocycles. The lowest BCUT2D eigenvalue weighted by Gasteiger charge is -2.35. The Morgan fingerprint density at radius 2 is 2.27 bits per heavy atom. The molecule has 0 radical (unpaired) electrons. The van der Waals surface area contributed by atoms with Gasteiger partial charge in [0, 0.05) is 6.04 Å². The van der Waals surface area contributed by atoms with E-state index in [1.165, 1.54) is 19.3 Å². The molecule has 2 heteroatoms. The van der Waals surface area contributed by atoms with Gasteiger partial charge >= 0.3 is 0 Å². The third kappa shape index (κ3) is 2.17. The van der Waals surface area contributed by atoms with Gasteiger partial charge in [-0.05, 0) is 32.4 Å². The standard InChI is InChI=1S/C9H19NO/c1-3-8-4-5-10(2)9(6-8)7-11/h8-9,11H,3-7H2,1-2H3. The van der Waals surface area contributed by atoms with Crippen molar-refractivity contribution >= 4 is 0 Å². The zero-order chi connectivity index (χ0) is 8.27. The molecule has 0 bridgehead atoms. The minimum atomic E-state index is 0.326. The molecule has 0 aromatic rings. The molecule has 2 nitrogen and oxygen atoms in total. The van der Waals surface area contributed by atoms with Gasteiger partial charge in [-0.2, -0.15) is 0 Å². The normalized spacial score (nSPS) is 34.1. The van der Waals surface area contributed by atoms with Gasteiger partial charge in [-0.25, -0.2) is 0 Å². The summed E-state index contributed by atoms with van der Waals surface area (Å²) in [7, 11) is 2.10. The molecule has 0 saturated carbocycles.